The molecule has 8 rings (SSSR count). The van der Waals surface area contributed by atoms with E-state index < -0.39 is 6.04 Å². The SMILES string of the molecule is COc1ccc(OC)c(C2C3=C(N=c4sc(=Cc5cn(Cc6ccccc6F)c6ccccc56)c(=O)n42)c2ccccc2CC3)c1. The fourth-order valence-electron chi connectivity index (χ4n) is 6.82. The minimum atomic E-state index is -0.408. The monoisotopic (exact) mass is 627 g/mol. The summed E-state index contributed by atoms with van der Waals surface area (Å²) in [5.41, 5.74) is 7.57. The molecule has 6 nitrogen and oxygen atoms in total. The fraction of sp³-hybridized carbons (Fsp3) is 0.158. The number of para-hydroxylation sites is 1. The summed E-state index contributed by atoms with van der Waals surface area (Å²) in [6, 6.07) is 28.5. The number of allylic oxidation sites excluding steroid dienone is 1. The van der Waals surface area contributed by atoms with E-state index in [1.165, 1.54) is 23.0 Å². The first kappa shape index (κ1) is 28.3. The number of thiazole rings is 1. The van der Waals surface area contributed by atoms with Gasteiger partial charge in [-0.3, -0.25) is 9.36 Å². The highest BCUT2D eigenvalue weighted by Gasteiger charge is 2.34. The maximum Gasteiger partial charge on any atom is 0.271 e. The minimum Gasteiger partial charge on any atom is -0.497 e. The van der Waals surface area contributed by atoms with Gasteiger partial charge in [0.25, 0.3) is 5.56 Å². The van der Waals surface area contributed by atoms with Gasteiger partial charge in [0, 0.05) is 39.4 Å². The molecule has 0 saturated carbocycles. The molecule has 1 atom stereocenters. The van der Waals surface area contributed by atoms with Crippen molar-refractivity contribution in [3.05, 3.63) is 156 Å². The van der Waals surface area contributed by atoms with E-state index in [9.17, 15) is 9.18 Å². The van der Waals surface area contributed by atoms with Crippen LogP contribution in [0.2, 0.25) is 0 Å². The van der Waals surface area contributed by atoms with Gasteiger partial charge in [-0.2, -0.15) is 0 Å². The normalized spacial score (nSPS) is 15.7. The van der Waals surface area contributed by atoms with Gasteiger partial charge in [0.15, 0.2) is 4.80 Å². The number of ether oxygens (including phenoxy) is 2. The number of aryl methyl sites for hydroxylation is 1. The highest BCUT2D eigenvalue weighted by atomic mass is 32.1. The summed E-state index contributed by atoms with van der Waals surface area (Å²) in [6.07, 6.45) is 5.58. The number of benzene rings is 4. The summed E-state index contributed by atoms with van der Waals surface area (Å²) in [5, 5.41) is 0.990. The Morgan fingerprint density at radius 3 is 2.61 bits per heavy atom. The third kappa shape index (κ3) is 4.60. The van der Waals surface area contributed by atoms with Gasteiger partial charge in [-0.05, 0) is 60.4 Å². The molecule has 1 unspecified atom stereocenters. The van der Waals surface area contributed by atoms with E-state index in [0.29, 0.717) is 32.9 Å². The molecule has 228 valence electrons. The van der Waals surface area contributed by atoms with Crippen LogP contribution < -0.4 is 24.4 Å². The molecule has 0 spiro atoms. The Bertz CT molecular complexity index is 2380. The molecule has 46 heavy (non-hydrogen) atoms. The molecule has 0 N–H and O–H groups in total. The smallest absolute Gasteiger partial charge is 0.271 e. The van der Waals surface area contributed by atoms with Crippen LogP contribution >= 0.6 is 11.3 Å². The number of hydrogen-bond donors (Lipinski definition) is 0. The van der Waals surface area contributed by atoms with Crippen molar-refractivity contribution in [2.24, 2.45) is 4.99 Å². The Morgan fingerprint density at radius 2 is 1.76 bits per heavy atom. The van der Waals surface area contributed by atoms with Crippen LogP contribution in [-0.2, 0) is 13.0 Å². The highest BCUT2D eigenvalue weighted by Crippen LogP contribution is 2.44. The first-order chi connectivity index (χ1) is 22.5. The number of halogens is 1. The third-order valence-electron chi connectivity index (χ3n) is 9.01. The van der Waals surface area contributed by atoms with Gasteiger partial charge in [-0.15, -0.1) is 0 Å². The van der Waals surface area contributed by atoms with E-state index in [1.807, 2.05) is 76.0 Å². The lowest BCUT2D eigenvalue weighted by atomic mass is 9.83. The van der Waals surface area contributed by atoms with Crippen LogP contribution in [0.3, 0.4) is 0 Å². The van der Waals surface area contributed by atoms with Crippen LogP contribution in [0.4, 0.5) is 4.39 Å². The summed E-state index contributed by atoms with van der Waals surface area (Å²) in [6.45, 7) is 0.379. The highest BCUT2D eigenvalue weighted by molar-refractivity contribution is 7.07. The van der Waals surface area contributed by atoms with Gasteiger partial charge >= 0.3 is 0 Å². The molecule has 0 radical (unpaired) electrons. The van der Waals surface area contributed by atoms with Crippen LogP contribution in [0.15, 0.2) is 113 Å². The fourth-order valence-corrected chi connectivity index (χ4v) is 7.82. The van der Waals surface area contributed by atoms with Crippen molar-refractivity contribution in [3.63, 3.8) is 0 Å². The number of aromatic nitrogens is 2. The average Bonchev–Trinajstić information content (AvgIpc) is 3.60. The van der Waals surface area contributed by atoms with Crippen molar-refractivity contribution in [1.82, 2.24) is 9.13 Å². The predicted octanol–water partition coefficient (Wildman–Crippen LogP) is 6.48. The van der Waals surface area contributed by atoms with Crippen molar-refractivity contribution in [1.29, 1.82) is 0 Å². The Hall–Kier alpha value is -5.21. The molecule has 8 heteroatoms. The van der Waals surface area contributed by atoms with Gasteiger partial charge in [0.05, 0.1) is 37.0 Å². The number of rotatable bonds is 6. The molecule has 3 heterocycles. The lowest BCUT2D eigenvalue weighted by molar-refractivity contribution is 0.392. The molecule has 0 saturated heterocycles. The Morgan fingerprint density at radius 1 is 0.957 bits per heavy atom. The number of fused-ring (bicyclic) bond motifs is 4. The lowest BCUT2D eigenvalue weighted by Crippen LogP contribution is -2.39. The van der Waals surface area contributed by atoms with Gasteiger partial charge < -0.3 is 14.0 Å². The van der Waals surface area contributed by atoms with E-state index in [-0.39, 0.29) is 11.4 Å². The molecule has 2 aliphatic rings. The number of methoxy groups -OCH3 is 2. The van der Waals surface area contributed by atoms with E-state index in [4.69, 9.17) is 14.5 Å². The zero-order valence-electron chi connectivity index (χ0n) is 25.4. The first-order valence-corrected chi connectivity index (χ1v) is 16.0. The van der Waals surface area contributed by atoms with Crippen molar-refractivity contribution >= 4 is 34.0 Å². The standard InChI is InChI=1S/C38H30FN3O3S/c1-44-26-16-18-33(45-2)30(20-26)36-29-17-15-23-9-3-5-12-28(23)35(29)40-38-42(36)37(43)34(46-38)19-25-22-41(32-14-8-6-11-27(25)32)21-24-10-4-7-13-31(24)39/h3-14,16,18-20,22,36H,15,17,21H2,1-2H3. The summed E-state index contributed by atoms with van der Waals surface area (Å²) < 4.78 is 30.5. The molecule has 4 aromatic carbocycles. The Labute approximate surface area is 268 Å². The van der Waals surface area contributed by atoms with E-state index in [2.05, 4.69) is 18.2 Å². The minimum absolute atomic E-state index is 0.116. The molecule has 0 bridgehead atoms. The maximum atomic E-state index is 14.6. The average molecular weight is 628 g/mol. The Balaban J connectivity index is 1.35. The van der Waals surface area contributed by atoms with Gasteiger partial charge in [-0.25, -0.2) is 9.38 Å². The topological polar surface area (TPSA) is 57.8 Å². The van der Waals surface area contributed by atoms with E-state index in [0.717, 1.165) is 51.7 Å². The number of hydrogen-bond acceptors (Lipinski definition) is 5. The molecular weight excluding hydrogens is 598 g/mol. The van der Waals surface area contributed by atoms with Crippen molar-refractivity contribution in [2.75, 3.05) is 14.2 Å². The molecule has 6 aromatic rings. The maximum absolute atomic E-state index is 14.6. The second kappa shape index (κ2) is 11.3. The van der Waals surface area contributed by atoms with E-state index >= 15 is 0 Å². The number of nitrogens with zero attached hydrogens (tertiary/aromatic N) is 3. The van der Waals surface area contributed by atoms with Gasteiger partial charge in [0.1, 0.15) is 17.3 Å². The molecule has 1 aliphatic heterocycles. The summed E-state index contributed by atoms with van der Waals surface area (Å²) >= 11 is 1.39. The summed E-state index contributed by atoms with van der Waals surface area (Å²) in [7, 11) is 3.29. The molecular formula is C38H30FN3O3S. The quantitative estimate of drug-likeness (QED) is 0.213. The zero-order chi connectivity index (χ0) is 31.4. The van der Waals surface area contributed by atoms with Crippen LogP contribution in [0.5, 0.6) is 11.5 Å². The van der Waals surface area contributed by atoms with Crippen LogP contribution in [0, 0.1) is 5.82 Å². The second-order valence-electron chi connectivity index (χ2n) is 11.5. The van der Waals surface area contributed by atoms with E-state index in [1.54, 1.807) is 26.4 Å². The molecule has 0 amide bonds. The Kier molecular flexibility index (Phi) is 6.95. The van der Waals surface area contributed by atoms with Crippen LogP contribution in [0.1, 0.15) is 40.3 Å². The van der Waals surface area contributed by atoms with Crippen molar-refractivity contribution in [2.45, 2.75) is 25.4 Å². The van der Waals surface area contributed by atoms with Crippen LogP contribution in [0.25, 0.3) is 22.7 Å². The summed E-state index contributed by atoms with van der Waals surface area (Å²) in [4.78, 5) is 20.3. The zero-order valence-corrected chi connectivity index (χ0v) is 26.2. The summed E-state index contributed by atoms with van der Waals surface area (Å²) in [5.74, 6) is 1.13. The van der Waals surface area contributed by atoms with Gasteiger partial charge in [0.2, 0.25) is 0 Å². The second-order valence-corrected chi connectivity index (χ2v) is 12.6. The molecule has 0 fully saturated rings. The molecule has 2 aromatic heterocycles. The lowest BCUT2D eigenvalue weighted by Gasteiger charge is -2.31. The van der Waals surface area contributed by atoms with Crippen molar-refractivity contribution in [3.8, 4) is 11.5 Å². The van der Waals surface area contributed by atoms with Crippen LogP contribution in [-0.4, -0.2) is 23.4 Å². The first-order valence-electron chi connectivity index (χ1n) is 15.2. The van der Waals surface area contributed by atoms with Gasteiger partial charge in [-0.1, -0.05) is 72.0 Å². The largest absolute Gasteiger partial charge is 0.497 e. The predicted molar refractivity (Wildman–Crippen MR) is 180 cm³/mol. The molecule has 1 aliphatic carbocycles. The van der Waals surface area contributed by atoms with Crippen molar-refractivity contribution < 1.29 is 13.9 Å². The third-order valence-corrected chi connectivity index (χ3v) is 9.99.